The lowest BCUT2D eigenvalue weighted by Gasteiger charge is -2.04. The van der Waals surface area contributed by atoms with Gasteiger partial charge in [-0.2, -0.15) is 0 Å². The summed E-state index contributed by atoms with van der Waals surface area (Å²) in [7, 11) is -1.49. The zero-order valence-electron chi connectivity index (χ0n) is 8.13. The van der Waals surface area contributed by atoms with Crippen LogP contribution < -0.4 is 11.2 Å². The second kappa shape index (κ2) is 4.93. The van der Waals surface area contributed by atoms with Gasteiger partial charge < -0.3 is 20.9 Å². The molecule has 6 N–H and O–H groups in total. The summed E-state index contributed by atoms with van der Waals surface area (Å²) in [6.07, 6.45) is 0.330. The molecule has 15 heavy (non-hydrogen) atoms. The number of carboxylic acids is 1. The number of carbonyl (C=O) groups is 1. The molecule has 80 valence electrons. The molecule has 1 unspecified atom stereocenters. The molecule has 0 aliphatic rings. The van der Waals surface area contributed by atoms with E-state index in [0.717, 1.165) is 5.56 Å². The van der Waals surface area contributed by atoms with E-state index >= 15 is 0 Å². The number of aliphatic carboxylic acids is 1. The van der Waals surface area contributed by atoms with Crippen LogP contribution in [-0.4, -0.2) is 34.3 Å². The van der Waals surface area contributed by atoms with E-state index in [0.29, 0.717) is 11.9 Å². The summed E-state index contributed by atoms with van der Waals surface area (Å²) in [5, 5.41) is 26.3. The van der Waals surface area contributed by atoms with Crippen LogP contribution in [0.15, 0.2) is 24.3 Å². The molecule has 0 heterocycles. The highest BCUT2D eigenvalue weighted by molar-refractivity contribution is 6.58. The SMILES string of the molecule is [NH3+]C(Cc1ccc(B(O)O)cc1)C(=O)O. The molecule has 0 aliphatic heterocycles. The summed E-state index contributed by atoms with van der Waals surface area (Å²) in [6.45, 7) is 0. The van der Waals surface area contributed by atoms with Gasteiger partial charge in [-0.3, -0.25) is 0 Å². The average molecular weight is 210 g/mol. The summed E-state index contributed by atoms with van der Waals surface area (Å²) in [5.74, 6) is -0.943. The summed E-state index contributed by atoms with van der Waals surface area (Å²) >= 11 is 0. The minimum atomic E-state index is -1.49. The van der Waals surface area contributed by atoms with Crippen LogP contribution in [0.4, 0.5) is 0 Å². The van der Waals surface area contributed by atoms with Crippen LogP contribution in [0.2, 0.25) is 0 Å². The predicted molar refractivity (Wildman–Crippen MR) is 54.3 cm³/mol. The average Bonchev–Trinajstić information content (AvgIpc) is 2.18. The van der Waals surface area contributed by atoms with Gasteiger partial charge in [-0.1, -0.05) is 24.3 Å². The zero-order chi connectivity index (χ0) is 11.4. The Morgan fingerprint density at radius 2 is 1.87 bits per heavy atom. The fourth-order valence-electron chi connectivity index (χ4n) is 1.20. The first-order chi connectivity index (χ1) is 7.00. The molecular formula is C9H13BNO4+. The summed E-state index contributed by atoms with van der Waals surface area (Å²) in [4.78, 5) is 10.5. The van der Waals surface area contributed by atoms with Crippen molar-refractivity contribution in [2.24, 2.45) is 0 Å². The van der Waals surface area contributed by atoms with E-state index in [9.17, 15) is 4.79 Å². The van der Waals surface area contributed by atoms with E-state index < -0.39 is 19.1 Å². The molecule has 0 radical (unpaired) electrons. The van der Waals surface area contributed by atoms with E-state index in [4.69, 9.17) is 15.2 Å². The van der Waals surface area contributed by atoms with Crippen molar-refractivity contribution in [2.45, 2.75) is 12.5 Å². The van der Waals surface area contributed by atoms with E-state index in [1.54, 1.807) is 24.3 Å². The largest absolute Gasteiger partial charge is 0.488 e. The third-order valence-electron chi connectivity index (χ3n) is 2.11. The van der Waals surface area contributed by atoms with Gasteiger partial charge in [-0.15, -0.1) is 0 Å². The van der Waals surface area contributed by atoms with E-state index in [1.165, 1.54) is 0 Å². The van der Waals surface area contributed by atoms with Crippen LogP contribution in [0.25, 0.3) is 0 Å². The molecular weight excluding hydrogens is 197 g/mol. The van der Waals surface area contributed by atoms with Crippen molar-refractivity contribution in [3.05, 3.63) is 29.8 Å². The fraction of sp³-hybridized carbons (Fsp3) is 0.222. The Kier molecular flexibility index (Phi) is 3.84. The Labute approximate surface area is 87.3 Å². The first-order valence-electron chi connectivity index (χ1n) is 4.51. The van der Waals surface area contributed by atoms with Gasteiger partial charge >= 0.3 is 13.1 Å². The predicted octanol–water partition coefficient (Wildman–Crippen LogP) is -2.40. The highest BCUT2D eigenvalue weighted by atomic mass is 16.4. The lowest BCUT2D eigenvalue weighted by Crippen LogP contribution is -2.65. The lowest BCUT2D eigenvalue weighted by molar-refractivity contribution is -0.407. The third kappa shape index (κ3) is 3.36. The number of quaternary nitrogens is 1. The van der Waals surface area contributed by atoms with Gasteiger partial charge in [0.15, 0.2) is 6.04 Å². The molecule has 1 atom stereocenters. The van der Waals surface area contributed by atoms with Crippen LogP contribution in [0, 0.1) is 0 Å². The van der Waals surface area contributed by atoms with Crippen molar-refractivity contribution < 1.29 is 25.7 Å². The molecule has 1 aromatic rings. The van der Waals surface area contributed by atoms with Crippen LogP contribution in [0.5, 0.6) is 0 Å². The van der Waals surface area contributed by atoms with Crippen molar-refractivity contribution in [1.29, 1.82) is 0 Å². The molecule has 5 nitrogen and oxygen atoms in total. The maximum Gasteiger partial charge on any atom is 0.488 e. The second-order valence-electron chi connectivity index (χ2n) is 3.35. The topological polar surface area (TPSA) is 105 Å². The second-order valence-corrected chi connectivity index (χ2v) is 3.35. The first-order valence-corrected chi connectivity index (χ1v) is 4.51. The van der Waals surface area contributed by atoms with Crippen molar-refractivity contribution >= 4 is 18.6 Å². The van der Waals surface area contributed by atoms with Gasteiger partial charge in [0, 0.05) is 6.42 Å². The minimum absolute atomic E-state index is 0.330. The summed E-state index contributed by atoms with van der Waals surface area (Å²) in [5.41, 5.74) is 4.68. The fourth-order valence-corrected chi connectivity index (χ4v) is 1.20. The van der Waals surface area contributed by atoms with Gasteiger partial charge in [0.25, 0.3) is 0 Å². The van der Waals surface area contributed by atoms with E-state index in [2.05, 4.69) is 5.73 Å². The molecule has 0 aliphatic carbocycles. The first kappa shape index (κ1) is 11.7. The number of hydrogen-bond acceptors (Lipinski definition) is 3. The third-order valence-corrected chi connectivity index (χ3v) is 2.11. The summed E-state index contributed by atoms with van der Waals surface area (Å²) < 4.78 is 0. The Morgan fingerprint density at radius 3 is 2.27 bits per heavy atom. The highest BCUT2D eigenvalue weighted by Crippen LogP contribution is 2.00. The molecule has 6 heteroatoms. The van der Waals surface area contributed by atoms with Crippen molar-refractivity contribution in [3.63, 3.8) is 0 Å². The Balaban J connectivity index is 2.68. The van der Waals surface area contributed by atoms with Gasteiger partial charge in [0.2, 0.25) is 0 Å². The van der Waals surface area contributed by atoms with Gasteiger partial charge in [0.1, 0.15) is 0 Å². The van der Waals surface area contributed by atoms with E-state index in [-0.39, 0.29) is 0 Å². The van der Waals surface area contributed by atoms with Crippen LogP contribution in [0.3, 0.4) is 0 Å². The maximum absolute atomic E-state index is 10.5. The number of hydrogen-bond donors (Lipinski definition) is 4. The maximum atomic E-state index is 10.5. The van der Waals surface area contributed by atoms with Crippen LogP contribution in [0.1, 0.15) is 5.56 Å². The van der Waals surface area contributed by atoms with E-state index in [1.807, 2.05) is 0 Å². The number of carboxylic acid groups (broad SMARTS) is 1. The summed E-state index contributed by atoms with van der Waals surface area (Å²) in [6, 6.07) is 5.74. The van der Waals surface area contributed by atoms with Gasteiger partial charge in [-0.25, -0.2) is 4.79 Å². The Morgan fingerprint density at radius 1 is 1.33 bits per heavy atom. The van der Waals surface area contributed by atoms with Gasteiger partial charge in [0.05, 0.1) is 0 Å². The van der Waals surface area contributed by atoms with Crippen LogP contribution in [-0.2, 0) is 11.2 Å². The quantitative estimate of drug-likeness (QED) is 0.416. The monoisotopic (exact) mass is 210 g/mol. The molecule has 0 spiro atoms. The lowest BCUT2D eigenvalue weighted by atomic mass is 9.80. The van der Waals surface area contributed by atoms with Crippen LogP contribution >= 0.6 is 0 Å². The Bertz CT molecular complexity index is 338. The standard InChI is InChI=1S/C9H12BNO4/c11-8(9(12)13)5-6-1-3-7(4-2-6)10(14)15/h1-4,8,14-15H,5,11H2,(H,12,13)/p+1. The molecule has 1 aromatic carbocycles. The van der Waals surface area contributed by atoms with Crippen molar-refractivity contribution in [3.8, 4) is 0 Å². The highest BCUT2D eigenvalue weighted by Gasteiger charge is 2.16. The smallest absolute Gasteiger partial charge is 0.477 e. The molecule has 0 saturated carbocycles. The molecule has 0 saturated heterocycles. The van der Waals surface area contributed by atoms with Gasteiger partial charge in [-0.05, 0) is 11.0 Å². The molecule has 0 fully saturated rings. The molecule has 0 aromatic heterocycles. The molecule has 1 rings (SSSR count). The number of benzene rings is 1. The number of rotatable bonds is 4. The molecule has 0 bridgehead atoms. The normalized spacial score (nSPS) is 12.2. The van der Waals surface area contributed by atoms with Crippen molar-refractivity contribution in [2.75, 3.05) is 0 Å². The minimum Gasteiger partial charge on any atom is -0.477 e. The van der Waals surface area contributed by atoms with Crippen molar-refractivity contribution in [1.82, 2.24) is 0 Å². The zero-order valence-corrected chi connectivity index (χ0v) is 8.13. The Hall–Kier alpha value is -1.37. The molecule has 0 amide bonds.